The summed E-state index contributed by atoms with van der Waals surface area (Å²) >= 11 is 1.18. The first-order valence-corrected chi connectivity index (χ1v) is 12.9. The Bertz CT molecular complexity index is 1420. The summed E-state index contributed by atoms with van der Waals surface area (Å²) in [6.07, 6.45) is 1.78. The summed E-state index contributed by atoms with van der Waals surface area (Å²) in [6.45, 7) is 3.10. The topological polar surface area (TPSA) is 105 Å². The van der Waals surface area contributed by atoms with Crippen molar-refractivity contribution in [2.45, 2.75) is 30.5 Å². The van der Waals surface area contributed by atoms with Gasteiger partial charge in [0.15, 0.2) is 0 Å². The molecule has 1 aromatic carbocycles. The molecule has 0 atom stereocenters. The van der Waals surface area contributed by atoms with E-state index in [9.17, 15) is 13.2 Å². The van der Waals surface area contributed by atoms with E-state index < -0.39 is 10.0 Å². The van der Waals surface area contributed by atoms with Crippen molar-refractivity contribution < 1.29 is 17.7 Å². The van der Waals surface area contributed by atoms with Gasteiger partial charge in [-0.15, -0.1) is 11.3 Å². The second kappa shape index (κ2) is 8.69. The van der Waals surface area contributed by atoms with Gasteiger partial charge in [-0.2, -0.15) is 4.31 Å². The predicted molar refractivity (Wildman–Crippen MR) is 125 cm³/mol. The van der Waals surface area contributed by atoms with Gasteiger partial charge < -0.3 is 9.84 Å². The lowest BCUT2D eigenvalue weighted by Crippen LogP contribution is -2.27. The molecule has 1 N–H and O–H groups in total. The molecule has 1 aliphatic heterocycles. The van der Waals surface area contributed by atoms with Crippen molar-refractivity contribution in [1.82, 2.24) is 19.8 Å². The molecule has 0 radical (unpaired) electrons. The van der Waals surface area contributed by atoms with Crippen LogP contribution in [0.25, 0.3) is 22.4 Å². The number of carbonyl (C=O) groups excluding carboxylic acids is 1. The molecule has 0 unspecified atom stereocenters. The number of aryl methyl sites for hydroxylation is 1. The Morgan fingerprint density at radius 2 is 1.91 bits per heavy atom. The van der Waals surface area contributed by atoms with Crippen LogP contribution in [0.1, 0.15) is 33.8 Å². The number of rotatable bonds is 6. The highest BCUT2D eigenvalue weighted by Gasteiger charge is 2.28. The predicted octanol–water partition coefficient (Wildman–Crippen LogP) is 3.97. The van der Waals surface area contributed by atoms with Gasteiger partial charge in [-0.25, -0.2) is 13.4 Å². The molecule has 5 rings (SSSR count). The van der Waals surface area contributed by atoms with E-state index in [1.54, 1.807) is 25.1 Å². The van der Waals surface area contributed by atoms with Crippen LogP contribution in [0.2, 0.25) is 0 Å². The maximum Gasteiger partial charge on any atom is 0.259 e. The van der Waals surface area contributed by atoms with Crippen LogP contribution in [0.3, 0.4) is 0 Å². The van der Waals surface area contributed by atoms with Gasteiger partial charge in [-0.3, -0.25) is 4.79 Å². The van der Waals surface area contributed by atoms with Crippen molar-refractivity contribution in [3.63, 3.8) is 0 Å². The smallest absolute Gasteiger partial charge is 0.259 e. The summed E-state index contributed by atoms with van der Waals surface area (Å²) in [5.74, 6) is -0.303. The third-order valence-corrected chi connectivity index (χ3v) is 9.10. The normalized spacial score (nSPS) is 14.7. The summed E-state index contributed by atoms with van der Waals surface area (Å²) in [7, 11) is -3.46. The van der Waals surface area contributed by atoms with Crippen LogP contribution in [-0.4, -0.2) is 41.9 Å². The van der Waals surface area contributed by atoms with E-state index in [0.717, 1.165) is 23.3 Å². The van der Waals surface area contributed by atoms with Crippen molar-refractivity contribution in [3.8, 4) is 11.3 Å². The first-order chi connectivity index (χ1) is 15.9. The second-order valence-electron chi connectivity index (χ2n) is 7.88. The van der Waals surface area contributed by atoms with Gasteiger partial charge in [-0.1, -0.05) is 35.5 Å². The minimum atomic E-state index is -3.46. The zero-order valence-electron chi connectivity index (χ0n) is 17.9. The summed E-state index contributed by atoms with van der Waals surface area (Å²) in [6, 6.07) is 14.6. The molecule has 10 heteroatoms. The first-order valence-electron chi connectivity index (χ1n) is 10.6. The number of thiophene rings is 1. The number of sulfonamides is 1. The Labute approximate surface area is 195 Å². The first kappa shape index (κ1) is 21.7. The molecule has 0 spiro atoms. The van der Waals surface area contributed by atoms with Crippen molar-refractivity contribution in [2.75, 3.05) is 13.1 Å². The van der Waals surface area contributed by atoms with E-state index in [2.05, 4.69) is 15.5 Å². The minimum Gasteiger partial charge on any atom is -0.347 e. The standard InChI is InChI=1S/C23H22N4O4S2/c1-15-21-18(13-19(25-23(21)31-26-15)16-7-3-2-4-8-16)22(28)24-14-17-9-10-20(32-17)33(29,30)27-11-5-6-12-27/h2-4,7-10,13H,5-6,11-12,14H2,1H3,(H,24,28). The molecule has 1 saturated heterocycles. The quantitative estimate of drug-likeness (QED) is 0.446. The van der Waals surface area contributed by atoms with Crippen LogP contribution in [-0.2, 0) is 16.6 Å². The van der Waals surface area contributed by atoms with Gasteiger partial charge in [0.2, 0.25) is 0 Å². The number of fused-ring (bicyclic) bond motifs is 1. The summed E-state index contributed by atoms with van der Waals surface area (Å²) in [4.78, 5) is 18.4. The molecule has 4 heterocycles. The molecule has 3 aromatic heterocycles. The Kier molecular flexibility index (Phi) is 5.73. The van der Waals surface area contributed by atoms with Crippen molar-refractivity contribution in [2.24, 2.45) is 0 Å². The number of nitrogens with one attached hydrogen (secondary N) is 1. The number of pyridine rings is 1. The molecule has 1 fully saturated rings. The molecule has 170 valence electrons. The SMILES string of the molecule is Cc1noc2nc(-c3ccccc3)cc(C(=O)NCc3ccc(S(=O)(=O)N4CCCC4)s3)c12. The van der Waals surface area contributed by atoms with E-state index >= 15 is 0 Å². The number of nitrogens with zero attached hydrogens (tertiary/aromatic N) is 3. The van der Waals surface area contributed by atoms with Crippen LogP contribution in [0.5, 0.6) is 0 Å². The van der Waals surface area contributed by atoms with E-state index in [4.69, 9.17) is 4.52 Å². The number of benzene rings is 1. The zero-order chi connectivity index (χ0) is 23.0. The molecule has 0 bridgehead atoms. The van der Waals surface area contributed by atoms with Crippen LogP contribution < -0.4 is 5.32 Å². The van der Waals surface area contributed by atoms with E-state index in [1.807, 2.05) is 30.3 Å². The van der Waals surface area contributed by atoms with Gasteiger partial charge in [0.1, 0.15) is 4.21 Å². The van der Waals surface area contributed by atoms with E-state index in [0.29, 0.717) is 45.3 Å². The highest BCUT2D eigenvalue weighted by molar-refractivity contribution is 7.91. The molecule has 0 aliphatic carbocycles. The average molecular weight is 483 g/mol. The van der Waals surface area contributed by atoms with Gasteiger partial charge in [0.25, 0.3) is 21.6 Å². The monoisotopic (exact) mass is 482 g/mol. The molecule has 8 nitrogen and oxygen atoms in total. The third kappa shape index (κ3) is 4.17. The summed E-state index contributed by atoms with van der Waals surface area (Å²) < 4.78 is 32.7. The number of hydrogen-bond acceptors (Lipinski definition) is 7. The van der Waals surface area contributed by atoms with Crippen molar-refractivity contribution >= 4 is 38.4 Å². The van der Waals surface area contributed by atoms with Gasteiger partial charge >= 0.3 is 0 Å². The molecular weight excluding hydrogens is 460 g/mol. The molecule has 1 amide bonds. The molecule has 33 heavy (non-hydrogen) atoms. The van der Waals surface area contributed by atoms with Crippen molar-refractivity contribution in [1.29, 1.82) is 0 Å². The Balaban J connectivity index is 1.39. The van der Waals surface area contributed by atoms with E-state index in [-0.39, 0.29) is 12.5 Å². The third-order valence-electron chi connectivity index (χ3n) is 5.65. The van der Waals surface area contributed by atoms with Crippen LogP contribution in [0.4, 0.5) is 0 Å². The maximum absolute atomic E-state index is 13.1. The Morgan fingerprint density at radius 1 is 1.15 bits per heavy atom. The van der Waals surface area contributed by atoms with Crippen LogP contribution in [0, 0.1) is 6.92 Å². The Morgan fingerprint density at radius 3 is 2.67 bits per heavy atom. The molecule has 4 aromatic rings. The summed E-state index contributed by atoms with van der Waals surface area (Å²) in [5, 5.41) is 7.44. The lowest BCUT2D eigenvalue weighted by atomic mass is 10.1. The zero-order valence-corrected chi connectivity index (χ0v) is 19.6. The van der Waals surface area contributed by atoms with Gasteiger partial charge in [0, 0.05) is 23.5 Å². The minimum absolute atomic E-state index is 0.216. The fraction of sp³-hybridized carbons (Fsp3) is 0.261. The highest BCUT2D eigenvalue weighted by Crippen LogP contribution is 2.29. The van der Waals surface area contributed by atoms with Crippen LogP contribution in [0.15, 0.2) is 57.3 Å². The number of amides is 1. The average Bonchev–Trinajstić information content (AvgIpc) is 3.59. The molecule has 1 aliphatic rings. The highest BCUT2D eigenvalue weighted by atomic mass is 32.2. The maximum atomic E-state index is 13.1. The molecule has 0 saturated carbocycles. The van der Waals surface area contributed by atoms with E-state index in [1.165, 1.54) is 15.6 Å². The van der Waals surface area contributed by atoms with Crippen LogP contribution >= 0.6 is 11.3 Å². The fourth-order valence-corrected chi connectivity index (χ4v) is 6.91. The largest absolute Gasteiger partial charge is 0.347 e. The Hall–Kier alpha value is -3.08. The van der Waals surface area contributed by atoms with Gasteiger partial charge in [-0.05, 0) is 38.0 Å². The number of aromatic nitrogens is 2. The fourth-order valence-electron chi connectivity index (χ4n) is 3.94. The number of hydrogen-bond donors (Lipinski definition) is 1. The lowest BCUT2D eigenvalue weighted by molar-refractivity contribution is 0.0953. The van der Waals surface area contributed by atoms with Crippen molar-refractivity contribution in [3.05, 3.63) is 64.7 Å². The second-order valence-corrected chi connectivity index (χ2v) is 11.2. The van der Waals surface area contributed by atoms with Gasteiger partial charge in [0.05, 0.1) is 28.9 Å². The molecular formula is C23H22N4O4S2. The summed E-state index contributed by atoms with van der Waals surface area (Å²) in [5.41, 5.74) is 2.77. The number of carbonyl (C=O) groups is 1. The lowest BCUT2D eigenvalue weighted by Gasteiger charge is -2.13.